The fraction of sp³-hybridized carbons (Fsp3) is 0.385. The Morgan fingerprint density at radius 2 is 2.20 bits per heavy atom. The van der Waals surface area contributed by atoms with Crippen LogP contribution in [0.15, 0.2) is 22.6 Å². The number of hydrogen-bond donors (Lipinski definition) is 2. The maximum absolute atomic E-state index is 6.06. The lowest BCUT2D eigenvalue weighted by atomic mass is 10.2. The van der Waals surface area contributed by atoms with E-state index < -0.39 is 0 Å². The van der Waals surface area contributed by atoms with Crippen LogP contribution in [0.3, 0.4) is 0 Å². The summed E-state index contributed by atoms with van der Waals surface area (Å²) in [5.41, 5.74) is 1.78. The van der Waals surface area contributed by atoms with Crippen molar-refractivity contribution in [2.24, 2.45) is 0 Å². The number of anilines is 2. The lowest BCUT2D eigenvalue weighted by molar-refractivity contribution is 0.198. The molecule has 0 fully saturated rings. The van der Waals surface area contributed by atoms with Crippen molar-refractivity contribution >= 4 is 23.3 Å². The predicted molar refractivity (Wildman–Crippen MR) is 77.4 cm³/mol. The molecule has 7 heteroatoms. The Morgan fingerprint density at radius 1 is 1.35 bits per heavy atom. The topological polar surface area (TPSA) is 72.2 Å². The molecule has 0 radical (unpaired) electrons. The second-order valence-electron chi connectivity index (χ2n) is 4.21. The van der Waals surface area contributed by atoms with Gasteiger partial charge in [-0.15, -0.1) is 5.10 Å². The smallest absolute Gasteiger partial charge is 0.320 e. The third kappa shape index (κ3) is 3.93. The van der Waals surface area contributed by atoms with Crippen LogP contribution in [0.1, 0.15) is 11.5 Å². The highest BCUT2D eigenvalue weighted by molar-refractivity contribution is 6.31. The molecule has 108 valence electrons. The number of nitrogens with one attached hydrogen (secondary N) is 2. The van der Waals surface area contributed by atoms with Gasteiger partial charge in [0.25, 0.3) is 0 Å². The van der Waals surface area contributed by atoms with E-state index in [1.807, 2.05) is 25.1 Å². The number of nitrogens with zero attached hydrogens (tertiary/aromatic N) is 2. The van der Waals surface area contributed by atoms with Crippen molar-refractivity contribution in [2.75, 3.05) is 25.6 Å². The highest BCUT2D eigenvalue weighted by Gasteiger charge is 2.08. The predicted octanol–water partition coefficient (Wildman–Crippen LogP) is 2.51. The van der Waals surface area contributed by atoms with Gasteiger partial charge in [0.2, 0.25) is 5.89 Å². The van der Waals surface area contributed by atoms with Gasteiger partial charge in [0.15, 0.2) is 0 Å². The zero-order valence-electron chi connectivity index (χ0n) is 11.4. The van der Waals surface area contributed by atoms with E-state index in [0.29, 0.717) is 30.1 Å². The number of benzene rings is 1. The largest absolute Gasteiger partial charge is 0.406 e. The Kier molecular flexibility index (Phi) is 5.34. The van der Waals surface area contributed by atoms with Crippen LogP contribution in [-0.2, 0) is 11.3 Å². The summed E-state index contributed by atoms with van der Waals surface area (Å²) in [4.78, 5) is 0. The maximum Gasteiger partial charge on any atom is 0.320 e. The van der Waals surface area contributed by atoms with Gasteiger partial charge in [-0.2, -0.15) is 0 Å². The minimum absolute atomic E-state index is 0.346. The summed E-state index contributed by atoms with van der Waals surface area (Å²) in [6, 6.07) is 5.95. The Hall–Kier alpha value is -1.63. The lowest BCUT2D eigenvalue weighted by Crippen LogP contribution is -2.18. The molecule has 20 heavy (non-hydrogen) atoms. The molecule has 2 N–H and O–H groups in total. The normalized spacial score (nSPS) is 10.8. The van der Waals surface area contributed by atoms with Gasteiger partial charge < -0.3 is 19.8 Å². The molecule has 2 rings (SSSR count). The zero-order chi connectivity index (χ0) is 14.4. The van der Waals surface area contributed by atoms with Crippen molar-refractivity contribution in [3.8, 4) is 0 Å². The summed E-state index contributed by atoms with van der Waals surface area (Å²) in [6.45, 7) is 3.80. The van der Waals surface area contributed by atoms with Crippen molar-refractivity contribution in [3.05, 3.63) is 34.7 Å². The van der Waals surface area contributed by atoms with Crippen LogP contribution in [-0.4, -0.2) is 30.5 Å². The summed E-state index contributed by atoms with van der Waals surface area (Å²) >= 11 is 6.06. The molecule has 0 aliphatic carbocycles. The Balaban J connectivity index is 1.94. The summed E-state index contributed by atoms with van der Waals surface area (Å²) in [5, 5.41) is 14.8. The van der Waals surface area contributed by atoms with E-state index in [1.54, 1.807) is 7.11 Å². The fourth-order valence-corrected chi connectivity index (χ4v) is 1.78. The highest BCUT2D eigenvalue weighted by atomic mass is 35.5. The van der Waals surface area contributed by atoms with Crippen LogP contribution in [0.25, 0.3) is 0 Å². The van der Waals surface area contributed by atoms with Gasteiger partial charge >= 0.3 is 6.01 Å². The molecule has 0 unspecified atom stereocenters. The minimum Gasteiger partial charge on any atom is -0.406 e. The van der Waals surface area contributed by atoms with Gasteiger partial charge in [-0.1, -0.05) is 22.8 Å². The van der Waals surface area contributed by atoms with Crippen LogP contribution in [0.2, 0.25) is 5.02 Å². The molecule has 1 heterocycles. The van der Waals surface area contributed by atoms with E-state index in [0.717, 1.165) is 17.8 Å². The molecule has 0 atom stereocenters. The van der Waals surface area contributed by atoms with Crippen molar-refractivity contribution < 1.29 is 9.15 Å². The van der Waals surface area contributed by atoms with E-state index in [1.165, 1.54) is 0 Å². The first kappa shape index (κ1) is 14.8. The third-order valence-electron chi connectivity index (χ3n) is 2.74. The second-order valence-corrected chi connectivity index (χ2v) is 4.62. The number of halogens is 1. The summed E-state index contributed by atoms with van der Waals surface area (Å²) < 4.78 is 10.4. The van der Waals surface area contributed by atoms with Gasteiger partial charge in [-0.05, 0) is 24.6 Å². The van der Waals surface area contributed by atoms with E-state index in [4.69, 9.17) is 20.8 Å². The molecule has 2 aromatic rings. The fourth-order valence-electron chi connectivity index (χ4n) is 1.60. The molecule has 0 spiro atoms. The molecule has 0 aliphatic heterocycles. The summed E-state index contributed by atoms with van der Waals surface area (Å²) in [7, 11) is 1.66. The van der Waals surface area contributed by atoms with Crippen molar-refractivity contribution in [1.82, 2.24) is 15.5 Å². The number of aromatic nitrogens is 2. The Bertz CT molecular complexity index is 559. The van der Waals surface area contributed by atoms with E-state index in [-0.39, 0.29) is 0 Å². The molecule has 1 aromatic carbocycles. The van der Waals surface area contributed by atoms with Crippen LogP contribution in [0.4, 0.5) is 11.7 Å². The first-order valence-corrected chi connectivity index (χ1v) is 6.62. The van der Waals surface area contributed by atoms with E-state index in [2.05, 4.69) is 20.8 Å². The molecule has 0 bridgehead atoms. The van der Waals surface area contributed by atoms with Gasteiger partial charge in [-0.3, -0.25) is 0 Å². The lowest BCUT2D eigenvalue weighted by Gasteiger charge is -2.06. The number of hydrogen-bond acceptors (Lipinski definition) is 6. The molecular formula is C13H17ClN4O2. The average Bonchev–Trinajstić information content (AvgIpc) is 2.88. The highest BCUT2D eigenvalue weighted by Crippen LogP contribution is 2.25. The standard InChI is InChI=1S/C13H17ClN4O2/c1-9-10(14)4-3-5-11(9)16-13-18-17-12(20-13)8-15-6-7-19-2/h3-5,15H,6-8H2,1-2H3,(H,16,18). The molecular weight excluding hydrogens is 280 g/mol. The molecule has 0 saturated carbocycles. The van der Waals surface area contributed by atoms with E-state index in [9.17, 15) is 0 Å². The van der Waals surface area contributed by atoms with Gasteiger partial charge in [0, 0.05) is 24.4 Å². The Labute approximate surface area is 122 Å². The quantitative estimate of drug-likeness (QED) is 0.765. The molecule has 0 amide bonds. The van der Waals surface area contributed by atoms with Gasteiger partial charge in [0.1, 0.15) is 0 Å². The first-order valence-electron chi connectivity index (χ1n) is 6.25. The van der Waals surface area contributed by atoms with Gasteiger partial charge in [-0.25, -0.2) is 0 Å². The molecule has 0 saturated heterocycles. The molecule has 0 aliphatic rings. The molecule has 1 aromatic heterocycles. The summed E-state index contributed by atoms with van der Waals surface area (Å²) in [5.74, 6) is 0.517. The average molecular weight is 297 g/mol. The van der Waals surface area contributed by atoms with Crippen molar-refractivity contribution in [3.63, 3.8) is 0 Å². The molecule has 6 nitrogen and oxygen atoms in total. The monoisotopic (exact) mass is 296 g/mol. The van der Waals surface area contributed by atoms with Crippen LogP contribution < -0.4 is 10.6 Å². The Morgan fingerprint density at radius 3 is 3.00 bits per heavy atom. The SMILES string of the molecule is COCCNCc1nnc(Nc2cccc(Cl)c2C)o1. The zero-order valence-corrected chi connectivity index (χ0v) is 12.2. The second kappa shape index (κ2) is 7.23. The van der Waals surface area contributed by atoms with Crippen molar-refractivity contribution in [2.45, 2.75) is 13.5 Å². The van der Waals surface area contributed by atoms with Crippen LogP contribution in [0, 0.1) is 6.92 Å². The number of rotatable bonds is 7. The number of methoxy groups -OCH3 is 1. The minimum atomic E-state index is 0.346. The van der Waals surface area contributed by atoms with E-state index >= 15 is 0 Å². The van der Waals surface area contributed by atoms with Gasteiger partial charge in [0.05, 0.1) is 13.2 Å². The van der Waals surface area contributed by atoms with Crippen molar-refractivity contribution in [1.29, 1.82) is 0 Å². The van der Waals surface area contributed by atoms with Crippen LogP contribution >= 0.6 is 11.6 Å². The maximum atomic E-state index is 6.06. The van der Waals surface area contributed by atoms with Crippen LogP contribution in [0.5, 0.6) is 0 Å². The summed E-state index contributed by atoms with van der Waals surface area (Å²) in [6.07, 6.45) is 0. The first-order chi connectivity index (χ1) is 9.70. The third-order valence-corrected chi connectivity index (χ3v) is 3.14. The number of ether oxygens (including phenoxy) is 1.